The van der Waals surface area contributed by atoms with Gasteiger partial charge in [0.25, 0.3) is 0 Å². The lowest BCUT2D eigenvalue weighted by molar-refractivity contribution is -0.108. The Labute approximate surface area is 82.7 Å². The molecule has 1 aromatic rings. The summed E-state index contributed by atoms with van der Waals surface area (Å²) in [4.78, 5) is 22.0. The van der Waals surface area contributed by atoms with Crippen LogP contribution in [-0.4, -0.2) is 16.6 Å². The molecule has 0 bridgehead atoms. The van der Waals surface area contributed by atoms with Crippen LogP contribution in [0.25, 0.3) is 0 Å². The molecule has 1 aromatic heterocycles. The summed E-state index contributed by atoms with van der Waals surface area (Å²) in [6, 6.07) is 1.90. The molecule has 14 heavy (non-hydrogen) atoms. The van der Waals surface area contributed by atoms with Crippen molar-refractivity contribution in [2.45, 2.75) is 32.7 Å². The van der Waals surface area contributed by atoms with Gasteiger partial charge in [-0.2, -0.15) is 0 Å². The van der Waals surface area contributed by atoms with Gasteiger partial charge in [0.2, 0.25) is 0 Å². The van der Waals surface area contributed by atoms with Gasteiger partial charge >= 0.3 is 0 Å². The fraction of sp³-hybridized carbons (Fsp3) is 0.455. The molecule has 0 fully saturated rings. The average Bonchev–Trinajstić information content (AvgIpc) is 2.47. The van der Waals surface area contributed by atoms with E-state index in [0.29, 0.717) is 13.0 Å². The van der Waals surface area contributed by atoms with E-state index in [1.54, 1.807) is 0 Å². The average molecular weight is 191 g/mol. The highest BCUT2D eigenvalue weighted by Gasteiger charge is 2.21. The van der Waals surface area contributed by atoms with Gasteiger partial charge in [0.05, 0.1) is 6.54 Å². The Morgan fingerprint density at radius 1 is 1.50 bits per heavy atom. The van der Waals surface area contributed by atoms with Crippen LogP contribution >= 0.6 is 0 Å². The first-order valence-electron chi connectivity index (χ1n) is 4.90. The van der Waals surface area contributed by atoms with E-state index in [1.807, 2.05) is 17.6 Å². The summed E-state index contributed by atoms with van der Waals surface area (Å²) >= 11 is 0. The van der Waals surface area contributed by atoms with Gasteiger partial charge in [0, 0.05) is 23.4 Å². The number of nitrogens with zero attached hydrogens (tertiary/aromatic N) is 1. The second-order valence-corrected chi connectivity index (χ2v) is 3.70. The van der Waals surface area contributed by atoms with Gasteiger partial charge in [-0.1, -0.05) is 0 Å². The van der Waals surface area contributed by atoms with Crippen molar-refractivity contribution in [1.82, 2.24) is 4.57 Å². The second kappa shape index (κ2) is 3.40. The van der Waals surface area contributed by atoms with E-state index in [0.717, 1.165) is 36.1 Å². The lowest BCUT2D eigenvalue weighted by Gasteiger charge is -2.13. The van der Waals surface area contributed by atoms with Crippen LogP contribution in [0.5, 0.6) is 0 Å². The number of carbonyl (C=O) groups is 2. The summed E-state index contributed by atoms with van der Waals surface area (Å²) in [5.41, 5.74) is 2.89. The minimum absolute atomic E-state index is 0.221. The molecule has 2 rings (SSSR count). The van der Waals surface area contributed by atoms with Crippen LogP contribution in [0.4, 0.5) is 0 Å². The van der Waals surface area contributed by atoms with Crippen molar-refractivity contribution in [3.05, 3.63) is 23.0 Å². The predicted molar refractivity (Wildman–Crippen MR) is 52.5 cm³/mol. The smallest absolute Gasteiger partial charge is 0.164 e. The van der Waals surface area contributed by atoms with E-state index >= 15 is 0 Å². The van der Waals surface area contributed by atoms with Crippen LogP contribution < -0.4 is 0 Å². The van der Waals surface area contributed by atoms with Crippen LogP contribution in [0.1, 0.15) is 34.6 Å². The maximum absolute atomic E-state index is 11.6. The third kappa shape index (κ3) is 1.29. The molecule has 74 valence electrons. The second-order valence-electron chi connectivity index (χ2n) is 3.70. The summed E-state index contributed by atoms with van der Waals surface area (Å²) < 4.78 is 1.94. The highest BCUT2D eigenvalue weighted by atomic mass is 16.1. The number of rotatable bonds is 2. The summed E-state index contributed by atoms with van der Waals surface area (Å²) in [6.07, 6.45) is 3.36. The number of carbonyl (C=O) groups excluding carboxylic acids is 2. The molecule has 1 aliphatic carbocycles. The highest BCUT2D eigenvalue weighted by Crippen LogP contribution is 2.24. The molecule has 0 saturated carbocycles. The minimum atomic E-state index is 0.221. The number of ketones is 1. The Kier molecular flexibility index (Phi) is 2.23. The van der Waals surface area contributed by atoms with Gasteiger partial charge in [0.1, 0.15) is 6.29 Å². The predicted octanol–water partition coefficient (Wildman–Crippen LogP) is 1.51. The van der Waals surface area contributed by atoms with Crippen molar-refractivity contribution < 1.29 is 9.59 Å². The largest absolute Gasteiger partial charge is 0.341 e. The fourth-order valence-electron chi connectivity index (χ4n) is 2.12. The number of hydrogen-bond acceptors (Lipinski definition) is 2. The van der Waals surface area contributed by atoms with E-state index in [1.165, 1.54) is 0 Å². The van der Waals surface area contributed by atoms with E-state index < -0.39 is 0 Å². The molecule has 0 spiro atoms. The Balaban J connectivity index is 2.51. The van der Waals surface area contributed by atoms with Crippen molar-refractivity contribution in [3.63, 3.8) is 0 Å². The number of hydrogen-bond donors (Lipinski definition) is 0. The Bertz CT molecular complexity index is 390. The van der Waals surface area contributed by atoms with Crippen molar-refractivity contribution in [2.24, 2.45) is 0 Å². The monoisotopic (exact) mass is 191 g/mol. The molecule has 3 nitrogen and oxygen atoms in total. The molecule has 3 heteroatoms. The molecule has 1 heterocycles. The fourth-order valence-corrected chi connectivity index (χ4v) is 2.12. The molecule has 0 aliphatic heterocycles. The van der Waals surface area contributed by atoms with E-state index in [2.05, 4.69) is 0 Å². The normalized spacial score (nSPS) is 15.4. The molecule has 0 unspecified atom stereocenters. The number of Topliss-reactive ketones (excluding diaryl/α,β-unsaturated/α-hetero) is 1. The quantitative estimate of drug-likeness (QED) is 0.665. The highest BCUT2D eigenvalue weighted by molar-refractivity contribution is 5.98. The summed E-state index contributed by atoms with van der Waals surface area (Å²) in [5.74, 6) is 0.221. The molecule has 0 radical (unpaired) electrons. The molecular weight excluding hydrogens is 178 g/mol. The number of aldehydes is 1. The molecule has 1 aliphatic rings. The summed E-state index contributed by atoms with van der Waals surface area (Å²) in [5, 5.41) is 0. The van der Waals surface area contributed by atoms with Gasteiger partial charge in [-0.05, 0) is 25.8 Å². The van der Waals surface area contributed by atoms with Crippen LogP contribution in [0, 0.1) is 6.92 Å². The van der Waals surface area contributed by atoms with Crippen molar-refractivity contribution >= 4 is 12.1 Å². The van der Waals surface area contributed by atoms with E-state index in [9.17, 15) is 9.59 Å². The first kappa shape index (κ1) is 9.19. The Hall–Kier alpha value is -1.38. The third-order valence-electron chi connectivity index (χ3n) is 2.79. The number of fused-ring (bicyclic) bond motifs is 1. The molecule has 0 saturated heterocycles. The maximum atomic E-state index is 11.6. The van der Waals surface area contributed by atoms with Gasteiger partial charge in [0.15, 0.2) is 5.78 Å². The zero-order valence-electron chi connectivity index (χ0n) is 8.25. The first-order valence-corrected chi connectivity index (χ1v) is 4.90. The van der Waals surface area contributed by atoms with Gasteiger partial charge in [-0.15, -0.1) is 0 Å². The van der Waals surface area contributed by atoms with Crippen LogP contribution in [-0.2, 0) is 17.8 Å². The zero-order valence-corrected chi connectivity index (χ0v) is 8.25. The van der Waals surface area contributed by atoms with E-state index in [4.69, 9.17) is 0 Å². The van der Waals surface area contributed by atoms with Gasteiger partial charge in [-0.3, -0.25) is 4.79 Å². The summed E-state index contributed by atoms with van der Waals surface area (Å²) in [6.45, 7) is 2.31. The van der Waals surface area contributed by atoms with Crippen molar-refractivity contribution in [2.75, 3.05) is 0 Å². The molecular formula is C11H13NO2. The molecule has 0 N–H and O–H groups in total. The standard InChI is InChI=1S/C11H13NO2/c1-8-7-9-10(12(8)5-6-13)3-2-4-11(9)14/h6-7H,2-5H2,1H3. The number of aryl methyl sites for hydroxylation is 1. The SMILES string of the molecule is Cc1cc2c(n1CC=O)CCCC2=O. The maximum Gasteiger partial charge on any atom is 0.164 e. The van der Waals surface area contributed by atoms with Crippen LogP contribution in [0.15, 0.2) is 6.07 Å². The van der Waals surface area contributed by atoms with Crippen LogP contribution in [0.2, 0.25) is 0 Å². The summed E-state index contributed by atoms with van der Waals surface area (Å²) in [7, 11) is 0. The van der Waals surface area contributed by atoms with Gasteiger partial charge in [-0.25, -0.2) is 0 Å². The van der Waals surface area contributed by atoms with Gasteiger partial charge < -0.3 is 9.36 Å². The van der Waals surface area contributed by atoms with E-state index in [-0.39, 0.29) is 5.78 Å². The molecule has 0 amide bonds. The zero-order chi connectivity index (χ0) is 10.1. The Morgan fingerprint density at radius 2 is 2.29 bits per heavy atom. The van der Waals surface area contributed by atoms with Crippen molar-refractivity contribution in [3.8, 4) is 0 Å². The minimum Gasteiger partial charge on any atom is -0.341 e. The Morgan fingerprint density at radius 3 is 3.00 bits per heavy atom. The molecule has 0 aromatic carbocycles. The molecule has 0 atom stereocenters. The first-order chi connectivity index (χ1) is 6.74. The topological polar surface area (TPSA) is 39.1 Å². The third-order valence-corrected chi connectivity index (χ3v) is 2.79. The lowest BCUT2D eigenvalue weighted by atomic mass is 9.97. The number of aromatic nitrogens is 1. The van der Waals surface area contributed by atoms with Crippen molar-refractivity contribution in [1.29, 1.82) is 0 Å². The lowest BCUT2D eigenvalue weighted by Crippen LogP contribution is -2.14. The van der Waals surface area contributed by atoms with Crippen LogP contribution in [0.3, 0.4) is 0 Å².